The Bertz CT molecular complexity index is 269. The van der Waals surface area contributed by atoms with Gasteiger partial charge in [0.2, 0.25) is 0 Å². The van der Waals surface area contributed by atoms with E-state index >= 15 is 0 Å². The standard InChI is InChI=1S/C10H20N4O/c1-10(2,3)13-9(15)14-6-4-5-7(14)8(11)12/h7H,4-6H2,1-3H3,(H3,11,12)(H,13,15). The highest BCUT2D eigenvalue weighted by molar-refractivity contribution is 5.88. The van der Waals surface area contributed by atoms with Gasteiger partial charge in [-0.05, 0) is 33.6 Å². The zero-order chi connectivity index (χ0) is 11.6. The summed E-state index contributed by atoms with van der Waals surface area (Å²) in [6.07, 6.45) is 1.72. The van der Waals surface area contributed by atoms with E-state index in [0.29, 0.717) is 6.54 Å². The van der Waals surface area contributed by atoms with Crippen molar-refractivity contribution in [2.24, 2.45) is 5.73 Å². The van der Waals surface area contributed by atoms with E-state index in [1.54, 1.807) is 4.90 Å². The quantitative estimate of drug-likeness (QED) is 0.445. The van der Waals surface area contributed by atoms with E-state index in [4.69, 9.17) is 11.1 Å². The van der Waals surface area contributed by atoms with Crippen LogP contribution < -0.4 is 11.1 Å². The molecular weight excluding hydrogens is 192 g/mol. The molecular formula is C10H20N4O. The first-order valence-corrected chi connectivity index (χ1v) is 5.24. The number of hydrogen-bond acceptors (Lipinski definition) is 2. The second-order valence-corrected chi connectivity index (χ2v) is 4.99. The maximum atomic E-state index is 11.8. The van der Waals surface area contributed by atoms with Gasteiger partial charge >= 0.3 is 6.03 Å². The molecule has 0 spiro atoms. The number of urea groups is 1. The lowest BCUT2D eigenvalue weighted by Crippen LogP contribution is -2.52. The van der Waals surface area contributed by atoms with Crippen LogP contribution in [0.3, 0.4) is 0 Å². The average Bonchev–Trinajstić information content (AvgIpc) is 2.47. The zero-order valence-electron chi connectivity index (χ0n) is 9.63. The second kappa shape index (κ2) is 4.08. The Labute approximate surface area is 90.5 Å². The predicted molar refractivity (Wildman–Crippen MR) is 59.9 cm³/mol. The van der Waals surface area contributed by atoms with E-state index in [1.165, 1.54) is 0 Å². The monoisotopic (exact) mass is 212 g/mol. The van der Waals surface area contributed by atoms with Gasteiger partial charge in [-0.25, -0.2) is 4.79 Å². The molecule has 86 valence electrons. The fraction of sp³-hybridized carbons (Fsp3) is 0.800. The van der Waals surface area contributed by atoms with E-state index in [9.17, 15) is 4.79 Å². The Kier molecular flexibility index (Phi) is 3.21. The topological polar surface area (TPSA) is 82.2 Å². The van der Waals surface area contributed by atoms with Crippen molar-refractivity contribution in [1.82, 2.24) is 10.2 Å². The molecule has 15 heavy (non-hydrogen) atoms. The van der Waals surface area contributed by atoms with Crippen LogP contribution in [-0.4, -0.2) is 34.9 Å². The number of nitrogens with two attached hydrogens (primary N) is 1. The number of hydrogen-bond donors (Lipinski definition) is 3. The highest BCUT2D eigenvalue weighted by atomic mass is 16.2. The van der Waals surface area contributed by atoms with Crippen LogP contribution in [0.15, 0.2) is 0 Å². The number of amides is 2. The van der Waals surface area contributed by atoms with Crippen LogP contribution in [-0.2, 0) is 0 Å². The molecule has 2 amide bonds. The largest absolute Gasteiger partial charge is 0.386 e. The predicted octanol–water partition coefficient (Wildman–Crippen LogP) is 0.895. The van der Waals surface area contributed by atoms with Crippen LogP contribution >= 0.6 is 0 Å². The van der Waals surface area contributed by atoms with Crippen molar-refractivity contribution in [3.8, 4) is 0 Å². The maximum Gasteiger partial charge on any atom is 0.318 e. The van der Waals surface area contributed by atoms with Gasteiger partial charge in [0.15, 0.2) is 0 Å². The number of rotatable bonds is 1. The fourth-order valence-electron chi connectivity index (χ4n) is 1.73. The second-order valence-electron chi connectivity index (χ2n) is 4.99. The molecule has 1 aliphatic rings. The van der Waals surface area contributed by atoms with Gasteiger partial charge < -0.3 is 16.0 Å². The molecule has 1 heterocycles. The summed E-state index contributed by atoms with van der Waals surface area (Å²) in [7, 11) is 0. The van der Waals surface area contributed by atoms with Gasteiger partial charge in [-0.15, -0.1) is 0 Å². The molecule has 5 heteroatoms. The van der Waals surface area contributed by atoms with Crippen LogP contribution in [0.2, 0.25) is 0 Å². The average molecular weight is 212 g/mol. The maximum absolute atomic E-state index is 11.8. The molecule has 0 aromatic heterocycles. The third kappa shape index (κ3) is 3.11. The number of nitrogens with one attached hydrogen (secondary N) is 2. The molecule has 5 nitrogen and oxygen atoms in total. The van der Waals surface area contributed by atoms with Gasteiger partial charge in [0.25, 0.3) is 0 Å². The highest BCUT2D eigenvalue weighted by Crippen LogP contribution is 2.17. The van der Waals surface area contributed by atoms with E-state index < -0.39 is 0 Å². The zero-order valence-corrected chi connectivity index (χ0v) is 9.63. The lowest BCUT2D eigenvalue weighted by molar-refractivity contribution is 0.193. The molecule has 1 rings (SSSR count). The first kappa shape index (κ1) is 11.8. The van der Waals surface area contributed by atoms with Crippen molar-refractivity contribution < 1.29 is 4.79 Å². The summed E-state index contributed by atoms with van der Waals surface area (Å²) < 4.78 is 0. The van der Waals surface area contributed by atoms with E-state index in [0.717, 1.165) is 12.8 Å². The molecule has 0 bridgehead atoms. The molecule has 1 fully saturated rings. The van der Waals surface area contributed by atoms with Crippen molar-refractivity contribution in [2.45, 2.75) is 45.2 Å². The van der Waals surface area contributed by atoms with Gasteiger partial charge in [0.05, 0.1) is 6.04 Å². The Hall–Kier alpha value is -1.26. The Morgan fingerprint density at radius 3 is 2.60 bits per heavy atom. The third-order valence-electron chi connectivity index (χ3n) is 2.35. The SMILES string of the molecule is CC(C)(C)NC(=O)N1CCCC1C(=N)N. The Morgan fingerprint density at radius 2 is 2.13 bits per heavy atom. The first-order chi connectivity index (χ1) is 6.81. The van der Waals surface area contributed by atoms with Crippen LogP contribution in [0.5, 0.6) is 0 Å². The molecule has 1 aliphatic heterocycles. The van der Waals surface area contributed by atoms with Crippen LogP contribution in [0.4, 0.5) is 4.79 Å². The summed E-state index contributed by atoms with van der Waals surface area (Å²) in [4.78, 5) is 13.5. The number of carbonyl (C=O) groups is 1. The van der Waals surface area contributed by atoms with Gasteiger partial charge in [0, 0.05) is 12.1 Å². The summed E-state index contributed by atoms with van der Waals surface area (Å²) in [5.74, 6) is 0.0801. The van der Waals surface area contributed by atoms with Crippen molar-refractivity contribution >= 4 is 11.9 Å². The minimum atomic E-state index is -0.249. The number of amidine groups is 1. The molecule has 1 unspecified atom stereocenters. The summed E-state index contributed by atoms with van der Waals surface area (Å²) in [5.41, 5.74) is 5.20. The molecule has 1 saturated heterocycles. The summed E-state index contributed by atoms with van der Waals surface area (Å²) in [6, 6.07) is -0.340. The number of nitrogens with zero attached hydrogens (tertiary/aromatic N) is 1. The van der Waals surface area contributed by atoms with Crippen molar-refractivity contribution in [1.29, 1.82) is 5.41 Å². The van der Waals surface area contributed by atoms with Crippen LogP contribution in [0.25, 0.3) is 0 Å². The molecule has 0 aromatic carbocycles. The molecule has 0 aromatic rings. The smallest absolute Gasteiger partial charge is 0.318 e. The highest BCUT2D eigenvalue weighted by Gasteiger charge is 2.32. The summed E-state index contributed by atoms with van der Waals surface area (Å²) >= 11 is 0. The van der Waals surface area contributed by atoms with Gasteiger partial charge in [-0.1, -0.05) is 0 Å². The van der Waals surface area contributed by atoms with Crippen LogP contribution in [0, 0.1) is 5.41 Å². The minimum absolute atomic E-state index is 0.0801. The van der Waals surface area contributed by atoms with E-state index in [1.807, 2.05) is 20.8 Å². The van der Waals surface area contributed by atoms with Crippen molar-refractivity contribution in [2.75, 3.05) is 6.54 Å². The summed E-state index contributed by atoms with van der Waals surface area (Å²) in [6.45, 7) is 6.49. The summed E-state index contributed by atoms with van der Waals surface area (Å²) in [5, 5.41) is 10.3. The van der Waals surface area contributed by atoms with Crippen LogP contribution in [0.1, 0.15) is 33.6 Å². The van der Waals surface area contributed by atoms with Gasteiger partial charge in [0.1, 0.15) is 5.84 Å². The molecule has 0 saturated carbocycles. The van der Waals surface area contributed by atoms with Crippen molar-refractivity contribution in [3.63, 3.8) is 0 Å². The molecule has 4 N–H and O–H groups in total. The molecule has 0 aliphatic carbocycles. The lowest BCUT2D eigenvalue weighted by atomic mass is 10.1. The normalized spacial score (nSPS) is 21.5. The third-order valence-corrected chi connectivity index (χ3v) is 2.35. The Balaban J connectivity index is 2.63. The Morgan fingerprint density at radius 1 is 1.53 bits per heavy atom. The van der Waals surface area contributed by atoms with Crippen molar-refractivity contribution in [3.05, 3.63) is 0 Å². The molecule has 1 atom stereocenters. The van der Waals surface area contributed by atoms with E-state index in [2.05, 4.69) is 5.32 Å². The van der Waals surface area contributed by atoms with Gasteiger partial charge in [-0.3, -0.25) is 5.41 Å². The van der Waals surface area contributed by atoms with E-state index in [-0.39, 0.29) is 23.4 Å². The van der Waals surface area contributed by atoms with Gasteiger partial charge in [-0.2, -0.15) is 0 Å². The first-order valence-electron chi connectivity index (χ1n) is 5.24. The fourth-order valence-corrected chi connectivity index (χ4v) is 1.73. The minimum Gasteiger partial charge on any atom is -0.386 e. The number of carbonyl (C=O) groups excluding carboxylic acids is 1. The number of likely N-dealkylation sites (tertiary alicyclic amines) is 1. The lowest BCUT2D eigenvalue weighted by Gasteiger charge is -2.29. The molecule has 0 radical (unpaired) electrons.